The molecule has 1 amide bonds. The zero-order valence-corrected chi connectivity index (χ0v) is 10.8. The number of nitrogens with zero attached hydrogens (tertiary/aromatic N) is 3. The lowest BCUT2D eigenvalue weighted by molar-refractivity contribution is 0.0904. The van der Waals surface area contributed by atoms with E-state index in [1.807, 2.05) is 0 Å². The van der Waals surface area contributed by atoms with Gasteiger partial charge in [0.25, 0.3) is 0 Å². The molecule has 1 heterocycles. The van der Waals surface area contributed by atoms with Crippen molar-refractivity contribution in [2.24, 2.45) is 0 Å². The van der Waals surface area contributed by atoms with Crippen LogP contribution in [0.1, 0.15) is 39.0 Å². The minimum atomic E-state index is -0.375. The van der Waals surface area contributed by atoms with E-state index in [9.17, 15) is 4.79 Å². The molecule has 0 aliphatic carbocycles. The van der Waals surface area contributed by atoms with Crippen LogP contribution in [0.3, 0.4) is 0 Å². The number of amides is 1. The number of carbonyl (C=O) groups is 1. The molecular formula is C13H19N3O2. The standard InChI is InChI=1S/C13H19N3O2/c1-3-18-12(17)16-10-7-13(15-2,8-11-16)6-4-5-9-14/h3-8,10-11H2,1H3. The number of nitriles is 1. The first kappa shape index (κ1) is 14.3. The number of hydrogen-bond acceptors (Lipinski definition) is 3. The summed E-state index contributed by atoms with van der Waals surface area (Å²) in [5.41, 5.74) is -0.375. The van der Waals surface area contributed by atoms with E-state index in [2.05, 4.69) is 10.9 Å². The highest BCUT2D eigenvalue weighted by molar-refractivity contribution is 5.67. The van der Waals surface area contributed by atoms with E-state index in [4.69, 9.17) is 16.6 Å². The Labute approximate surface area is 108 Å². The molecule has 1 saturated heterocycles. The van der Waals surface area contributed by atoms with Crippen molar-refractivity contribution in [2.75, 3.05) is 19.7 Å². The number of carbonyl (C=O) groups excluding carboxylic acids is 1. The van der Waals surface area contributed by atoms with E-state index in [1.165, 1.54) is 0 Å². The summed E-state index contributed by atoms with van der Waals surface area (Å²) in [6.45, 7) is 10.7. The van der Waals surface area contributed by atoms with E-state index in [0.717, 1.165) is 12.8 Å². The van der Waals surface area contributed by atoms with Crippen molar-refractivity contribution in [3.05, 3.63) is 11.4 Å². The Morgan fingerprint density at radius 1 is 1.56 bits per heavy atom. The molecule has 0 radical (unpaired) electrons. The molecule has 5 heteroatoms. The summed E-state index contributed by atoms with van der Waals surface area (Å²) in [6.07, 6.45) is 3.09. The molecule has 1 fully saturated rings. The van der Waals surface area contributed by atoms with Crippen molar-refractivity contribution in [2.45, 2.75) is 44.6 Å². The zero-order valence-electron chi connectivity index (χ0n) is 10.8. The molecule has 0 saturated carbocycles. The molecule has 0 aromatic carbocycles. The summed E-state index contributed by atoms with van der Waals surface area (Å²) >= 11 is 0. The van der Waals surface area contributed by atoms with Crippen LogP contribution in [0.5, 0.6) is 0 Å². The number of ether oxygens (including phenoxy) is 1. The van der Waals surface area contributed by atoms with Crippen LogP contribution in [0.15, 0.2) is 0 Å². The third-order valence-electron chi connectivity index (χ3n) is 3.39. The quantitative estimate of drug-likeness (QED) is 0.568. The molecule has 0 bridgehead atoms. The van der Waals surface area contributed by atoms with Crippen molar-refractivity contribution in [1.29, 1.82) is 5.26 Å². The first-order chi connectivity index (χ1) is 8.67. The van der Waals surface area contributed by atoms with Gasteiger partial charge in [0.15, 0.2) is 0 Å². The van der Waals surface area contributed by atoms with Gasteiger partial charge in [-0.2, -0.15) is 5.26 Å². The van der Waals surface area contributed by atoms with Gasteiger partial charge in [-0.25, -0.2) is 11.4 Å². The minimum absolute atomic E-state index is 0.284. The Bertz CT molecular complexity index is 359. The van der Waals surface area contributed by atoms with Crippen molar-refractivity contribution < 1.29 is 9.53 Å². The van der Waals surface area contributed by atoms with Crippen LogP contribution in [0.4, 0.5) is 4.79 Å². The SMILES string of the molecule is [C-]#[N+]C1(CCCC#N)CCN(C(=O)OCC)CC1. The Kier molecular flexibility index (Phi) is 5.45. The Balaban J connectivity index is 2.47. The second-order valence-corrected chi connectivity index (χ2v) is 4.53. The molecular weight excluding hydrogens is 230 g/mol. The van der Waals surface area contributed by atoms with Gasteiger partial charge >= 0.3 is 6.09 Å². The largest absolute Gasteiger partial charge is 0.450 e. The highest BCUT2D eigenvalue weighted by Gasteiger charge is 2.41. The van der Waals surface area contributed by atoms with Gasteiger partial charge in [-0.3, -0.25) is 0 Å². The predicted octanol–water partition coefficient (Wildman–Crippen LogP) is 2.59. The first-order valence-corrected chi connectivity index (χ1v) is 6.35. The van der Waals surface area contributed by atoms with E-state index in [-0.39, 0.29) is 11.6 Å². The van der Waals surface area contributed by atoms with Gasteiger partial charge in [0.2, 0.25) is 5.54 Å². The van der Waals surface area contributed by atoms with Gasteiger partial charge < -0.3 is 14.5 Å². The number of piperidine rings is 1. The van der Waals surface area contributed by atoms with Gasteiger partial charge in [-0.1, -0.05) is 0 Å². The fourth-order valence-corrected chi connectivity index (χ4v) is 2.23. The maximum Gasteiger partial charge on any atom is 0.409 e. The fourth-order valence-electron chi connectivity index (χ4n) is 2.23. The lowest BCUT2D eigenvalue weighted by Gasteiger charge is -2.33. The fraction of sp³-hybridized carbons (Fsp3) is 0.769. The number of rotatable bonds is 4. The van der Waals surface area contributed by atoms with Gasteiger partial charge in [-0.15, -0.1) is 0 Å². The zero-order chi connectivity index (χ0) is 13.4. The van der Waals surface area contributed by atoms with E-state index < -0.39 is 0 Å². The van der Waals surface area contributed by atoms with Crippen LogP contribution in [-0.2, 0) is 4.74 Å². The molecule has 18 heavy (non-hydrogen) atoms. The summed E-state index contributed by atoms with van der Waals surface area (Å²) in [6, 6.07) is 2.10. The summed E-state index contributed by atoms with van der Waals surface area (Å²) in [7, 11) is 0. The van der Waals surface area contributed by atoms with Crippen LogP contribution in [-0.4, -0.2) is 36.2 Å². The van der Waals surface area contributed by atoms with Crippen LogP contribution < -0.4 is 0 Å². The summed E-state index contributed by atoms with van der Waals surface area (Å²) < 4.78 is 4.95. The minimum Gasteiger partial charge on any atom is -0.450 e. The van der Waals surface area contributed by atoms with E-state index >= 15 is 0 Å². The van der Waals surface area contributed by atoms with Crippen LogP contribution in [0.25, 0.3) is 4.85 Å². The van der Waals surface area contributed by atoms with Crippen molar-refractivity contribution in [1.82, 2.24) is 4.90 Å². The normalized spacial score (nSPS) is 17.6. The highest BCUT2D eigenvalue weighted by Crippen LogP contribution is 2.31. The van der Waals surface area contributed by atoms with Crippen LogP contribution in [0.2, 0.25) is 0 Å². The molecule has 1 rings (SSSR count). The van der Waals surface area contributed by atoms with Crippen LogP contribution in [0, 0.1) is 17.9 Å². The van der Waals surface area contributed by atoms with Crippen molar-refractivity contribution >= 4 is 6.09 Å². The molecule has 5 nitrogen and oxygen atoms in total. The third kappa shape index (κ3) is 3.63. The summed E-state index contributed by atoms with van der Waals surface area (Å²) in [5.74, 6) is 0. The van der Waals surface area contributed by atoms with Crippen molar-refractivity contribution in [3.8, 4) is 6.07 Å². The number of unbranched alkanes of at least 4 members (excludes halogenated alkanes) is 1. The molecule has 98 valence electrons. The predicted molar refractivity (Wildman–Crippen MR) is 66.6 cm³/mol. The molecule has 0 N–H and O–H groups in total. The Morgan fingerprint density at radius 3 is 2.72 bits per heavy atom. The monoisotopic (exact) mass is 249 g/mol. The average Bonchev–Trinajstić information content (AvgIpc) is 2.40. The molecule has 0 aromatic heterocycles. The van der Waals surface area contributed by atoms with Crippen LogP contribution >= 0.6 is 0 Å². The lowest BCUT2D eigenvalue weighted by atomic mass is 9.84. The Hall–Kier alpha value is -1.75. The maximum absolute atomic E-state index is 11.5. The third-order valence-corrected chi connectivity index (χ3v) is 3.39. The van der Waals surface area contributed by atoms with E-state index in [1.54, 1.807) is 11.8 Å². The van der Waals surface area contributed by atoms with Gasteiger partial charge in [0.05, 0.1) is 12.7 Å². The van der Waals surface area contributed by atoms with E-state index in [0.29, 0.717) is 39.0 Å². The van der Waals surface area contributed by atoms with Gasteiger partial charge in [0, 0.05) is 38.8 Å². The summed E-state index contributed by atoms with van der Waals surface area (Å²) in [5, 5.41) is 8.53. The molecule has 1 aliphatic heterocycles. The maximum atomic E-state index is 11.5. The average molecular weight is 249 g/mol. The topological polar surface area (TPSA) is 57.7 Å². The second kappa shape index (κ2) is 6.86. The molecule has 0 spiro atoms. The first-order valence-electron chi connectivity index (χ1n) is 6.35. The number of hydrogen-bond donors (Lipinski definition) is 0. The molecule has 0 aromatic rings. The Morgan fingerprint density at radius 2 is 2.22 bits per heavy atom. The lowest BCUT2D eigenvalue weighted by Crippen LogP contribution is -2.45. The highest BCUT2D eigenvalue weighted by atomic mass is 16.6. The summed E-state index contributed by atoms with van der Waals surface area (Å²) in [4.78, 5) is 17.0. The van der Waals surface area contributed by atoms with Crippen molar-refractivity contribution in [3.63, 3.8) is 0 Å². The number of likely N-dealkylation sites (tertiary alicyclic amines) is 1. The van der Waals surface area contributed by atoms with Gasteiger partial charge in [0.1, 0.15) is 0 Å². The second-order valence-electron chi connectivity index (χ2n) is 4.53. The molecule has 1 aliphatic rings. The van der Waals surface area contributed by atoms with Gasteiger partial charge in [-0.05, 0) is 13.3 Å². The molecule has 0 atom stereocenters. The smallest absolute Gasteiger partial charge is 0.409 e. The molecule has 0 unspecified atom stereocenters.